The number of benzene rings is 2. The Labute approximate surface area is 180 Å². The number of hydrogen-bond acceptors (Lipinski definition) is 5. The standard InChI is InChI=1S/C23H26N4O2S/c1-16-8-9-18(14-17(16)2)27-22(29)19-6-4-5-7-20(19)24-23(27)30-15-21(28)26-12-10-25(3)11-13-26/h4-9,14H,10-13,15H2,1-3H3. The molecule has 0 atom stereocenters. The monoisotopic (exact) mass is 422 g/mol. The number of thioether (sulfide) groups is 1. The number of hydrogen-bond donors (Lipinski definition) is 0. The van der Waals surface area contributed by atoms with Crippen molar-refractivity contribution in [3.63, 3.8) is 0 Å². The first-order chi connectivity index (χ1) is 14.4. The molecule has 1 aliphatic rings. The molecular weight excluding hydrogens is 396 g/mol. The summed E-state index contributed by atoms with van der Waals surface area (Å²) >= 11 is 1.33. The van der Waals surface area contributed by atoms with Gasteiger partial charge in [-0.2, -0.15) is 0 Å². The summed E-state index contributed by atoms with van der Waals surface area (Å²) in [7, 11) is 2.07. The van der Waals surface area contributed by atoms with Gasteiger partial charge in [0.25, 0.3) is 5.56 Å². The zero-order chi connectivity index (χ0) is 21.3. The molecule has 1 fully saturated rings. The van der Waals surface area contributed by atoms with Gasteiger partial charge in [-0.05, 0) is 56.3 Å². The first-order valence-corrected chi connectivity index (χ1v) is 11.1. The van der Waals surface area contributed by atoms with Crippen molar-refractivity contribution in [2.24, 2.45) is 0 Å². The third-order valence-electron chi connectivity index (χ3n) is 5.67. The summed E-state index contributed by atoms with van der Waals surface area (Å²) in [6.45, 7) is 7.33. The first-order valence-electron chi connectivity index (χ1n) is 10.1. The van der Waals surface area contributed by atoms with Crippen molar-refractivity contribution in [3.05, 3.63) is 63.9 Å². The van der Waals surface area contributed by atoms with Crippen molar-refractivity contribution in [2.75, 3.05) is 39.0 Å². The first kappa shape index (κ1) is 20.6. The van der Waals surface area contributed by atoms with Crippen LogP contribution in [-0.2, 0) is 4.79 Å². The third-order valence-corrected chi connectivity index (χ3v) is 6.60. The minimum Gasteiger partial charge on any atom is -0.339 e. The van der Waals surface area contributed by atoms with Crippen LogP contribution in [0, 0.1) is 13.8 Å². The maximum absolute atomic E-state index is 13.3. The minimum atomic E-state index is -0.113. The van der Waals surface area contributed by atoms with Gasteiger partial charge in [0.2, 0.25) is 5.91 Å². The quantitative estimate of drug-likeness (QED) is 0.478. The van der Waals surface area contributed by atoms with Crippen LogP contribution in [-0.4, -0.2) is 64.2 Å². The van der Waals surface area contributed by atoms with Gasteiger partial charge in [-0.3, -0.25) is 14.2 Å². The SMILES string of the molecule is Cc1ccc(-n2c(SCC(=O)N3CCN(C)CC3)nc3ccccc3c2=O)cc1C. The van der Waals surface area contributed by atoms with Crippen LogP contribution < -0.4 is 5.56 Å². The molecule has 7 heteroatoms. The molecule has 156 valence electrons. The summed E-state index contributed by atoms with van der Waals surface area (Å²) in [6, 6.07) is 13.3. The van der Waals surface area contributed by atoms with Crippen LogP contribution in [0.1, 0.15) is 11.1 Å². The summed E-state index contributed by atoms with van der Waals surface area (Å²) in [5, 5.41) is 1.12. The number of carbonyl (C=O) groups is 1. The molecule has 1 aromatic heterocycles. The molecule has 1 saturated heterocycles. The van der Waals surface area contributed by atoms with E-state index in [4.69, 9.17) is 4.98 Å². The molecule has 2 aromatic carbocycles. The highest BCUT2D eigenvalue weighted by Crippen LogP contribution is 2.23. The molecule has 0 saturated carbocycles. The predicted octanol–water partition coefficient (Wildman–Crippen LogP) is 2.87. The van der Waals surface area contributed by atoms with Gasteiger partial charge in [0.1, 0.15) is 0 Å². The van der Waals surface area contributed by atoms with E-state index in [2.05, 4.69) is 11.9 Å². The largest absolute Gasteiger partial charge is 0.339 e. The van der Waals surface area contributed by atoms with E-state index in [0.29, 0.717) is 16.1 Å². The number of rotatable bonds is 4. The second-order valence-corrected chi connectivity index (χ2v) is 8.74. The number of amides is 1. The number of aromatic nitrogens is 2. The van der Waals surface area contributed by atoms with Crippen LogP contribution in [0.4, 0.5) is 0 Å². The summed E-state index contributed by atoms with van der Waals surface area (Å²) in [5.74, 6) is 0.349. The number of likely N-dealkylation sites (N-methyl/N-ethyl adjacent to an activating group) is 1. The van der Waals surface area contributed by atoms with Crippen LogP contribution in [0.2, 0.25) is 0 Å². The summed E-state index contributed by atoms with van der Waals surface area (Å²) in [5.41, 5.74) is 3.59. The predicted molar refractivity (Wildman–Crippen MR) is 122 cm³/mol. The molecule has 0 bridgehead atoms. The molecule has 0 N–H and O–H groups in total. The Balaban J connectivity index is 1.70. The van der Waals surface area contributed by atoms with E-state index in [1.165, 1.54) is 17.3 Å². The van der Waals surface area contributed by atoms with E-state index in [1.54, 1.807) is 10.6 Å². The Morgan fingerprint density at radius 2 is 1.77 bits per heavy atom. The van der Waals surface area contributed by atoms with Crippen LogP contribution in [0.3, 0.4) is 0 Å². The van der Waals surface area contributed by atoms with Crippen molar-refractivity contribution in [1.29, 1.82) is 0 Å². The fraction of sp³-hybridized carbons (Fsp3) is 0.348. The minimum absolute atomic E-state index is 0.0853. The lowest BCUT2D eigenvalue weighted by Crippen LogP contribution is -2.47. The van der Waals surface area contributed by atoms with E-state index in [1.807, 2.05) is 55.1 Å². The normalized spacial score (nSPS) is 15.0. The Kier molecular flexibility index (Phi) is 5.92. The smallest absolute Gasteiger partial charge is 0.266 e. The molecule has 6 nitrogen and oxygen atoms in total. The number of aryl methyl sites for hydroxylation is 2. The molecule has 1 aliphatic heterocycles. The van der Waals surface area contributed by atoms with Crippen molar-refractivity contribution in [3.8, 4) is 5.69 Å². The average molecular weight is 423 g/mol. The Hall–Kier alpha value is -2.64. The average Bonchev–Trinajstić information content (AvgIpc) is 2.75. The van der Waals surface area contributed by atoms with Gasteiger partial charge >= 0.3 is 0 Å². The van der Waals surface area contributed by atoms with Gasteiger partial charge in [0.15, 0.2) is 5.16 Å². The molecule has 3 aromatic rings. The zero-order valence-electron chi connectivity index (χ0n) is 17.6. The maximum atomic E-state index is 13.3. The lowest BCUT2D eigenvalue weighted by atomic mass is 10.1. The van der Waals surface area contributed by atoms with Crippen LogP contribution in [0.25, 0.3) is 16.6 Å². The lowest BCUT2D eigenvalue weighted by Gasteiger charge is -2.32. The molecule has 0 spiro atoms. The number of nitrogens with zero attached hydrogens (tertiary/aromatic N) is 4. The summed E-state index contributed by atoms with van der Waals surface area (Å²) in [6.07, 6.45) is 0. The second-order valence-electron chi connectivity index (χ2n) is 7.79. The van der Waals surface area contributed by atoms with Crippen LogP contribution >= 0.6 is 11.8 Å². The van der Waals surface area contributed by atoms with Gasteiger partial charge in [-0.25, -0.2) is 4.98 Å². The highest BCUT2D eigenvalue weighted by Gasteiger charge is 2.21. The molecular formula is C23H26N4O2S. The molecule has 0 unspecified atom stereocenters. The molecule has 30 heavy (non-hydrogen) atoms. The van der Waals surface area contributed by atoms with E-state index in [0.717, 1.165) is 37.4 Å². The van der Waals surface area contributed by atoms with E-state index in [-0.39, 0.29) is 17.2 Å². The highest BCUT2D eigenvalue weighted by molar-refractivity contribution is 7.99. The topological polar surface area (TPSA) is 58.4 Å². The van der Waals surface area contributed by atoms with Crippen molar-refractivity contribution in [1.82, 2.24) is 19.4 Å². The molecule has 4 rings (SSSR count). The fourth-order valence-electron chi connectivity index (χ4n) is 3.57. The molecule has 0 radical (unpaired) electrons. The van der Waals surface area contributed by atoms with Gasteiger partial charge in [-0.1, -0.05) is 30.0 Å². The summed E-state index contributed by atoms with van der Waals surface area (Å²) < 4.78 is 1.64. The van der Waals surface area contributed by atoms with E-state index >= 15 is 0 Å². The summed E-state index contributed by atoms with van der Waals surface area (Å²) in [4.78, 5) is 34.9. The number of carbonyl (C=O) groups excluding carboxylic acids is 1. The third kappa shape index (κ3) is 4.13. The molecule has 1 amide bonds. The van der Waals surface area contributed by atoms with Gasteiger partial charge in [0, 0.05) is 26.2 Å². The van der Waals surface area contributed by atoms with Gasteiger partial charge in [0.05, 0.1) is 22.3 Å². The van der Waals surface area contributed by atoms with E-state index in [9.17, 15) is 9.59 Å². The zero-order valence-corrected chi connectivity index (χ0v) is 18.4. The Morgan fingerprint density at radius 3 is 2.50 bits per heavy atom. The van der Waals surface area contributed by atoms with Crippen molar-refractivity contribution < 1.29 is 4.79 Å². The van der Waals surface area contributed by atoms with Crippen LogP contribution in [0.15, 0.2) is 52.4 Å². The van der Waals surface area contributed by atoms with Gasteiger partial charge in [-0.15, -0.1) is 0 Å². The van der Waals surface area contributed by atoms with Crippen LogP contribution in [0.5, 0.6) is 0 Å². The Bertz CT molecular complexity index is 1150. The molecule has 0 aliphatic carbocycles. The lowest BCUT2D eigenvalue weighted by molar-refractivity contribution is -0.129. The molecule has 2 heterocycles. The highest BCUT2D eigenvalue weighted by atomic mass is 32.2. The second kappa shape index (κ2) is 8.62. The maximum Gasteiger partial charge on any atom is 0.266 e. The number of piperazine rings is 1. The number of fused-ring (bicyclic) bond motifs is 1. The van der Waals surface area contributed by atoms with Gasteiger partial charge < -0.3 is 9.80 Å². The fourth-order valence-corrected chi connectivity index (χ4v) is 4.49. The van der Waals surface area contributed by atoms with Crippen molar-refractivity contribution in [2.45, 2.75) is 19.0 Å². The Morgan fingerprint density at radius 1 is 1.03 bits per heavy atom. The number of para-hydroxylation sites is 1. The van der Waals surface area contributed by atoms with Crippen molar-refractivity contribution >= 4 is 28.6 Å². The van der Waals surface area contributed by atoms with E-state index < -0.39 is 0 Å².